The van der Waals surface area contributed by atoms with Crippen LogP contribution in [0, 0.1) is 0 Å². The molecule has 7 nitrogen and oxygen atoms in total. The fourth-order valence-electron chi connectivity index (χ4n) is 3.17. The molecule has 1 atom stereocenters. The molecule has 1 aromatic heterocycles. The van der Waals surface area contributed by atoms with Gasteiger partial charge in [0, 0.05) is 24.7 Å². The van der Waals surface area contributed by atoms with Crippen LogP contribution in [0.25, 0.3) is 10.9 Å². The third-order valence-electron chi connectivity index (χ3n) is 4.57. The minimum atomic E-state index is -0.463. The highest BCUT2D eigenvalue weighted by Crippen LogP contribution is 2.15. The van der Waals surface area contributed by atoms with Crippen LogP contribution >= 0.6 is 0 Å². The Bertz CT molecular complexity index is 913. The Balaban J connectivity index is 1.99. The zero-order valence-corrected chi connectivity index (χ0v) is 14.7. The lowest BCUT2D eigenvalue weighted by Gasteiger charge is -2.32. The van der Waals surface area contributed by atoms with Crippen molar-refractivity contribution < 1.29 is 9.53 Å². The molecule has 25 heavy (non-hydrogen) atoms. The molecule has 0 aliphatic carbocycles. The van der Waals surface area contributed by atoms with Gasteiger partial charge in [0.15, 0.2) is 0 Å². The van der Waals surface area contributed by atoms with Crippen LogP contribution in [0.4, 0.5) is 0 Å². The number of aromatic amines is 1. The first-order valence-electron chi connectivity index (χ1n) is 8.61. The van der Waals surface area contributed by atoms with Gasteiger partial charge in [-0.1, -0.05) is 6.92 Å². The molecule has 134 valence electrons. The van der Waals surface area contributed by atoms with Crippen molar-refractivity contribution in [3.8, 4) is 0 Å². The average molecular weight is 345 g/mol. The lowest BCUT2D eigenvalue weighted by Crippen LogP contribution is -2.45. The van der Waals surface area contributed by atoms with Crippen molar-refractivity contribution in [2.45, 2.75) is 39.3 Å². The van der Waals surface area contributed by atoms with Crippen molar-refractivity contribution >= 4 is 16.8 Å². The second-order valence-electron chi connectivity index (χ2n) is 6.61. The highest BCUT2D eigenvalue weighted by atomic mass is 16.5. The Kier molecular flexibility index (Phi) is 4.76. The summed E-state index contributed by atoms with van der Waals surface area (Å²) < 4.78 is 6.77. The van der Waals surface area contributed by atoms with Crippen LogP contribution in [0.2, 0.25) is 0 Å². The first-order chi connectivity index (χ1) is 11.9. The number of nitrogens with zero attached hydrogens (tertiary/aromatic N) is 2. The van der Waals surface area contributed by atoms with Crippen molar-refractivity contribution in [3.63, 3.8) is 0 Å². The van der Waals surface area contributed by atoms with Gasteiger partial charge in [-0.2, -0.15) is 0 Å². The van der Waals surface area contributed by atoms with Crippen molar-refractivity contribution in [1.82, 2.24) is 14.5 Å². The number of hydrogen-bond donors (Lipinski definition) is 1. The van der Waals surface area contributed by atoms with Gasteiger partial charge < -0.3 is 14.6 Å². The van der Waals surface area contributed by atoms with Gasteiger partial charge in [0.25, 0.3) is 11.5 Å². The Hall–Kier alpha value is -2.41. The Labute approximate surface area is 145 Å². The monoisotopic (exact) mass is 345 g/mol. The van der Waals surface area contributed by atoms with Crippen molar-refractivity contribution in [2.24, 2.45) is 0 Å². The van der Waals surface area contributed by atoms with Crippen LogP contribution < -0.4 is 11.2 Å². The molecule has 0 radical (unpaired) electrons. The number of carbonyl (C=O) groups excluding carboxylic acids is 1. The second-order valence-corrected chi connectivity index (χ2v) is 6.61. The first-order valence-corrected chi connectivity index (χ1v) is 8.61. The fraction of sp³-hybridized carbons (Fsp3) is 0.500. The van der Waals surface area contributed by atoms with Gasteiger partial charge in [-0.25, -0.2) is 4.79 Å². The predicted molar refractivity (Wildman–Crippen MR) is 95.1 cm³/mol. The maximum Gasteiger partial charge on any atom is 0.329 e. The van der Waals surface area contributed by atoms with E-state index in [1.54, 1.807) is 36.9 Å². The number of amides is 1. The summed E-state index contributed by atoms with van der Waals surface area (Å²) in [4.78, 5) is 41.9. The molecular formula is C18H23N3O4. The molecule has 1 fully saturated rings. The van der Waals surface area contributed by atoms with Gasteiger partial charge in [-0.15, -0.1) is 0 Å². The smallest absolute Gasteiger partial charge is 0.329 e. The number of rotatable bonds is 3. The lowest BCUT2D eigenvalue weighted by atomic mass is 10.1. The van der Waals surface area contributed by atoms with E-state index in [1.165, 1.54) is 4.57 Å². The molecule has 1 N–H and O–H groups in total. The zero-order chi connectivity index (χ0) is 18.1. The molecule has 1 amide bonds. The Morgan fingerprint density at radius 1 is 1.36 bits per heavy atom. The number of hydrogen-bond acceptors (Lipinski definition) is 4. The molecule has 0 spiro atoms. The number of fused-ring (bicyclic) bond motifs is 1. The molecule has 2 heterocycles. The largest absolute Gasteiger partial charge is 0.375 e. The predicted octanol–water partition coefficient (Wildman–Crippen LogP) is 1.52. The van der Waals surface area contributed by atoms with Gasteiger partial charge in [0.05, 0.1) is 23.6 Å². The molecular weight excluding hydrogens is 322 g/mol. The zero-order valence-electron chi connectivity index (χ0n) is 14.7. The summed E-state index contributed by atoms with van der Waals surface area (Å²) in [5.74, 6) is -0.113. The molecule has 1 aliphatic rings. The number of morpholine rings is 1. The van der Waals surface area contributed by atoms with E-state index in [2.05, 4.69) is 4.98 Å². The van der Waals surface area contributed by atoms with Crippen LogP contribution in [-0.2, 0) is 4.74 Å². The molecule has 1 aliphatic heterocycles. The topological polar surface area (TPSA) is 84.4 Å². The molecule has 1 aromatic carbocycles. The minimum Gasteiger partial charge on any atom is -0.375 e. The molecule has 7 heteroatoms. The van der Waals surface area contributed by atoms with E-state index >= 15 is 0 Å². The highest BCUT2D eigenvalue weighted by molar-refractivity contribution is 5.97. The lowest BCUT2D eigenvalue weighted by molar-refractivity contribution is -0.0226. The van der Waals surface area contributed by atoms with Crippen LogP contribution in [0.5, 0.6) is 0 Å². The van der Waals surface area contributed by atoms with Crippen molar-refractivity contribution in [2.75, 3.05) is 19.7 Å². The first kappa shape index (κ1) is 17.4. The summed E-state index contributed by atoms with van der Waals surface area (Å²) in [6.45, 7) is 7.20. The summed E-state index contributed by atoms with van der Waals surface area (Å²) in [6, 6.07) is 4.60. The molecule has 2 aromatic rings. The number of benzene rings is 1. The van der Waals surface area contributed by atoms with Gasteiger partial charge in [-0.3, -0.25) is 14.2 Å². The maximum atomic E-state index is 12.7. The Morgan fingerprint density at radius 3 is 2.80 bits per heavy atom. The normalized spacial score (nSPS) is 18.1. The summed E-state index contributed by atoms with van der Waals surface area (Å²) in [5, 5.41) is 0.401. The van der Waals surface area contributed by atoms with Crippen LogP contribution in [0.3, 0.4) is 0 Å². The average Bonchev–Trinajstić information content (AvgIpc) is 2.60. The summed E-state index contributed by atoms with van der Waals surface area (Å²) in [7, 11) is 0. The summed E-state index contributed by atoms with van der Waals surface area (Å²) in [6.07, 6.45) is 0.903. The number of H-pyrrole nitrogens is 1. The van der Waals surface area contributed by atoms with Crippen LogP contribution in [0.1, 0.15) is 43.6 Å². The van der Waals surface area contributed by atoms with E-state index < -0.39 is 5.69 Å². The molecule has 0 bridgehead atoms. The van der Waals surface area contributed by atoms with Crippen molar-refractivity contribution in [3.05, 3.63) is 44.6 Å². The third-order valence-corrected chi connectivity index (χ3v) is 4.57. The molecule has 0 saturated carbocycles. The molecule has 0 unspecified atom stereocenters. The summed E-state index contributed by atoms with van der Waals surface area (Å²) >= 11 is 0. The minimum absolute atomic E-state index is 0.0520. The van der Waals surface area contributed by atoms with E-state index in [9.17, 15) is 14.4 Å². The van der Waals surface area contributed by atoms with Gasteiger partial charge in [-0.05, 0) is 38.5 Å². The molecule has 3 rings (SSSR count). The van der Waals surface area contributed by atoms with Crippen molar-refractivity contribution in [1.29, 1.82) is 0 Å². The quantitative estimate of drug-likeness (QED) is 0.914. The SMILES string of the molecule is CC[C@@H]1CN(C(=O)c2ccc3c(=O)n(C(C)C)c(=O)[nH]c3c2)CCO1. The van der Waals surface area contributed by atoms with Gasteiger partial charge in [0.2, 0.25) is 0 Å². The van der Waals surface area contributed by atoms with E-state index in [-0.39, 0.29) is 23.6 Å². The highest BCUT2D eigenvalue weighted by Gasteiger charge is 2.24. The van der Waals surface area contributed by atoms with E-state index in [0.717, 1.165) is 6.42 Å². The van der Waals surface area contributed by atoms with Crippen LogP contribution in [-0.4, -0.2) is 46.2 Å². The van der Waals surface area contributed by atoms with Gasteiger partial charge >= 0.3 is 5.69 Å². The number of nitrogens with one attached hydrogen (secondary N) is 1. The van der Waals surface area contributed by atoms with E-state index in [1.807, 2.05) is 6.92 Å². The fourth-order valence-corrected chi connectivity index (χ4v) is 3.17. The summed E-state index contributed by atoms with van der Waals surface area (Å²) in [5.41, 5.74) is 0.0411. The number of aromatic nitrogens is 2. The number of carbonyl (C=O) groups is 1. The second kappa shape index (κ2) is 6.84. The maximum absolute atomic E-state index is 12.7. The Morgan fingerprint density at radius 2 is 2.12 bits per heavy atom. The third kappa shape index (κ3) is 3.24. The number of ether oxygens (including phenoxy) is 1. The van der Waals surface area contributed by atoms with E-state index in [4.69, 9.17) is 4.74 Å². The molecule has 1 saturated heterocycles. The standard InChI is InChI=1S/C18H23N3O4/c1-4-13-10-20(7-8-25-13)16(22)12-5-6-14-15(9-12)19-18(24)21(11(2)3)17(14)23/h5-6,9,11,13H,4,7-8,10H2,1-3H3,(H,19,24)/t13-/m1/s1. The van der Waals surface area contributed by atoms with Crippen LogP contribution in [0.15, 0.2) is 27.8 Å². The van der Waals surface area contributed by atoms with Gasteiger partial charge in [0.1, 0.15) is 0 Å². The van der Waals surface area contributed by atoms with E-state index in [0.29, 0.717) is 36.2 Å².